The summed E-state index contributed by atoms with van der Waals surface area (Å²) < 4.78 is 84.6. The third-order valence-corrected chi connectivity index (χ3v) is 13.2. The molecule has 2 aromatic rings. The first-order valence-corrected chi connectivity index (χ1v) is 15.0. The summed E-state index contributed by atoms with van der Waals surface area (Å²) in [5.41, 5.74) is -0.434. The number of halogens is 6. The topological polar surface area (TPSA) is 72.4 Å². The Kier molecular flexibility index (Phi) is 8.51. The molecule has 0 atom stereocenters. The van der Waals surface area contributed by atoms with E-state index in [0.29, 0.717) is 17.4 Å². The van der Waals surface area contributed by atoms with Crippen LogP contribution in [0.15, 0.2) is 30.6 Å². The van der Waals surface area contributed by atoms with Gasteiger partial charge in [-0.3, -0.25) is 4.79 Å². The molecule has 0 unspecified atom stereocenters. The number of anilines is 1. The van der Waals surface area contributed by atoms with Gasteiger partial charge in [-0.1, -0.05) is 54.5 Å². The molecule has 40 heavy (non-hydrogen) atoms. The Morgan fingerprint density at radius 3 is 1.90 bits per heavy atom. The number of ether oxygens (including phenoxy) is 1. The number of esters is 1. The zero-order valence-electron chi connectivity index (χ0n) is 23.4. The van der Waals surface area contributed by atoms with Crippen molar-refractivity contribution in [3.63, 3.8) is 0 Å². The highest BCUT2D eigenvalue weighted by Crippen LogP contribution is 2.39. The van der Waals surface area contributed by atoms with Crippen molar-refractivity contribution in [2.45, 2.75) is 84.4 Å². The average Bonchev–Trinajstić information content (AvgIpc) is 3.22. The Bertz CT molecular complexity index is 1240. The van der Waals surface area contributed by atoms with Crippen LogP contribution in [0.5, 0.6) is 0 Å². The van der Waals surface area contributed by atoms with Gasteiger partial charge < -0.3 is 9.64 Å². The van der Waals surface area contributed by atoms with E-state index in [4.69, 9.17) is 0 Å². The minimum Gasteiger partial charge on any atom is -0.439 e. The average molecular weight is 590 g/mol. The van der Waals surface area contributed by atoms with E-state index >= 15 is 0 Å². The van der Waals surface area contributed by atoms with Crippen LogP contribution in [0.2, 0.25) is 11.1 Å². The summed E-state index contributed by atoms with van der Waals surface area (Å²) in [7, 11) is -3.27. The van der Waals surface area contributed by atoms with Crippen molar-refractivity contribution in [1.29, 1.82) is 0 Å². The van der Waals surface area contributed by atoms with Crippen molar-refractivity contribution in [1.82, 2.24) is 9.97 Å². The van der Waals surface area contributed by atoms with E-state index < -0.39 is 43.5 Å². The molecular formula is C27H33F6N3O3Si. The van der Waals surface area contributed by atoms with Gasteiger partial charge in [0.1, 0.15) is 5.45 Å². The fraction of sp³-hybridized carbons (Fsp3) is 0.556. The van der Waals surface area contributed by atoms with Gasteiger partial charge in [0.15, 0.2) is 8.07 Å². The predicted molar refractivity (Wildman–Crippen MR) is 141 cm³/mol. The number of carbonyl (C=O) groups is 2. The summed E-state index contributed by atoms with van der Waals surface area (Å²) >= 11 is 0. The number of benzene rings is 1. The number of hydrogen-bond acceptors (Lipinski definition) is 5. The van der Waals surface area contributed by atoms with Crippen LogP contribution in [-0.4, -0.2) is 54.9 Å². The van der Waals surface area contributed by atoms with Crippen LogP contribution < -0.4 is 15.5 Å². The molecule has 0 bridgehead atoms. The van der Waals surface area contributed by atoms with Gasteiger partial charge in [-0.25, -0.2) is 14.8 Å². The van der Waals surface area contributed by atoms with Gasteiger partial charge in [-0.05, 0) is 40.4 Å². The summed E-state index contributed by atoms with van der Waals surface area (Å²) in [6.07, 6.45) is -12.7. The largest absolute Gasteiger partial charge is 0.439 e. The fourth-order valence-electron chi connectivity index (χ4n) is 5.49. The second-order valence-electron chi connectivity index (χ2n) is 11.6. The van der Waals surface area contributed by atoms with E-state index in [0.717, 1.165) is 0 Å². The lowest BCUT2D eigenvalue weighted by Gasteiger charge is -2.39. The molecule has 0 radical (unpaired) electrons. The molecule has 0 N–H and O–H groups in total. The molecule has 13 heteroatoms. The summed E-state index contributed by atoms with van der Waals surface area (Å²) in [5, 5.41) is 0.278. The normalized spacial score (nSPS) is 14.8. The first-order valence-electron chi connectivity index (χ1n) is 12.8. The molecule has 2 heterocycles. The van der Waals surface area contributed by atoms with Crippen molar-refractivity contribution < 1.29 is 40.7 Å². The molecule has 6 nitrogen and oxygen atoms in total. The number of carbonyl (C=O) groups excluding carboxylic acids is 2. The van der Waals surface area contributed by atoms with E-state index in [9.17, 15) is 35.9 Å². The van der Waals surface area contributed by atoms with Crippen molar-refractivity contribution in [2.75, 3.05) is 11.4 Å². The molecule has 1 aromatic heterocycles. The first-order chi connectivity index (χ1) is 18.2. The maximum atomic E-state index is 13.4. The Morgan fingerprint density at radius 1 is 0.925 bits per heavy atom. The van der Waals surface area contributed by atoms with E-state index in [1.807, 2.05) is 27.7 Å². The first kappa shape index (κ1) is 31.6. The molecular weight excluding hydrogens is 556 g/mol. The third kappa shape index (κ3) is 5.75. The molecule has 0 spiro atoms. The number of alkyl halides is 6. The maximum Gasteiger partial charge on any atom is 0.434 e. The highest BCUT2D eigenvalue weighted by molar-refractivity contribution is 7.03. The van der Waals surface area contributed by atoms with Crippen LogP contribution in [0.25, 0.3) is 0 Å². The zero-order chi connectivity index (χ0) is 30.4. The summed E-state index contributed by atoms with van der Waals surface area (Å²) in [6, 6.07) is 4.44. The van der Waals surface area contributed by atoms with Gasteiger partial charge in [-0.2, -0.15) is 26.3 Å². The minimum absolute atomic E-state index is 0.228. The molecule has 3 rings (SSSR count). The predicted octanol–water partition coefficient (Wildman–Crippen LogP) is 5.44. The highest BCUT2D eigenvalue weighted by Gasteiger charge is 2.60. The Morgan fingerprint density at radius 2 is 1.45 bits per heavy atom. The molecule has 1 aromatic carbocycles. The molecule has 1 aliphatic heterocycles. The highest BCUT2D eigenvalue weighted by atomic mass is 28.3. The summed E-state index contributed by atoms with van der Waals surface area (Å²) in [5.74, 6) is -2.08. The molecule has 220 valence electrons. The minimum atomic E-state index is -5.88. The number of hydrogen-bond donors (Lipinski definition) is 0. The van der Waals surface area contributed by atoms with Crippen LogP contribution in [0.1, 0.15) is 64.4 Å². The molecule has 0 saturated carbocycles. The third-order valence-electron chi connectivity index (χ3n) is 7.24. The van der Waals surface area contributed by atoms with Crippen LogP contribution in [0.3, 0.4) is 0 Å². The lowest BCUT2D eigenvalue weighted by atomic mass is 9.94. The van der Waals surface area contributed by atoms with Crippen LogP contribution in [-0.2, 0) is 16.0 Å². The van der Waals surface area contributed by atoms with Crippen LogP contribution >= 0.6 is 0 Å². The van der Waals surface area contributed by atoms with Crippen LogP contribution in [0.4, 0.5) is 32.0 Å². The van der Waals surface area contributed by atoms with E-state index in [1.165, 1.54) is 23.4 Å². The van der Waals surface area contributed by atoms with Gasteiger partial charge in [0.05, 0.1) is 5.56 Å². The van der Waals surface area contributed by atoms with Gasteiger partial charge in [0.2, 0.25) is 5.91 Å². The molecule has 0 saturated heterocycles. The summed E-state index contributed by atoms with van der Waals surface area (Å²) in [4.78, 5) is 36.9. The number of amides is 1. The lowest BCUT2D eigenvalue weighted by molar-refractivity contribution is -0.307. The Hall–Kier alpha value is -2.96. The second-order valence-corrected chi connectivity index (χ2v) is 16.6. The lowest BCUT2D eigenvalue weighted by Crippen LogP contribution is -2.66. The maximum absolute atomic E-state index is 13.4. The molecule has 0 fully saturated rings. The van der Waals surface area contributed by atoms with Crippen molar-refractivity contribution in [3.8, 4) is 0 Å². The molecule has 0 aliphatic carbocycles. The number of rotatable bonds is 6. The fourth-order valence-corrected chi connectivity index (χ4v) is 11.0. The molecule has 1 aliphatic rings. The quantitative estimate of drug-likeness (QED) is 0.255. The standard InChI is InChI=1S/C27H33F6N3O3Si/c1-15(2)40(16(3)4,24-34-10-8-11-35-24)20-13-17-9-12-36(23(38)25(5,6)7)19(17)14-18(20)21(37)39-22(26(28,29)30)27(31,32)33/h8,10-11,13-16,22H,9,12H2,1-7H3. The number of fused-ring (bicyclic) bond motifs is 1. The zero-order valence-corrected chi connectivity index (χ0v) is 24.4. The van der Waals surface area contributed by atoms with Crippen molar-refractivity contribution in [2.24, 2.45) is 5.41 Å². The van der Waals surface area contributed by atoms with Gasteiger partial charge >= 0.3 is 18.3 Å². The van der Waals surface area contributed by atoms with E-state index in [1.54, 1.807) is 32.9 Å². The van der Waals surface area contributed by atoms with Gasteiger partial charge in [-0.15, -0.1) is 0 Å². The number of nitrogens with zero attached hydrogens (tertiary/aromatic N) is 3. The van der Waals surface area contributed by atoms with Gasteiger partial charge in [0.25, 0.3) is 6.10 Å². The number of aromatic nitrogens is 2. The Labute approximate surface area is 230 Å². The molecule has 1 amide bonds. The van der Waals surface area contributed by atoms with Crippen molar-refractivity contribution >= 4 is 36.3 Å². The van der Waals surface area contributed by atoms with Gasteiger partial charge in [0, 0.05) is 30.0 Å². The smallest absolute Gasteiger partial charge is 0.434 e. The second kappa shape index (κ2) is 10.8. The van der Waals surface area contributed by atoms with E-state index in [2.05, 4.69) is 14.7 Å². The monoisotopic (exact) mass is 589 g/mol. The van der Waals surface area contributed by atoms with Crippen molar-refractivity contribution in [3.05, 3.63) is 41.7 Å². The Balaban J connectivity index is 2.36. The summed E-state index contributed by atoms with van der Waals surface area (Å²) in [6.45, 7) is 12.8. The van der Waals surface area contributed by atoms with Crippen LogP contribution in [0, 0.1) is 5.41 Å². The SMILES string of the molecule is CC(C)[Si](c1ncccn1)(c1cc2c(cc1C(=O)OC(C(F)(F)F)C(F)(F)F)N(C(=O)C(C)(C)C)CC2)C(C)C. The van der Waals surface area contributed by atoms with E-state index in [-0.39, 0.29) is 34.4 Å².